The van der Waals surface area contributed by atoms with Crippen molar-refractivity contribution in [2.75, 3.05) is 0 Å². The van der Waals surface area contributed by atoms with E-state index < -0.39 is 0 Å². The molecule has 3 heteroatoms. The van der Waals surface area contributed by atoms with Gasteiger partial charge in [-0.15, -0.1) is 0 Å². The second-order valence-corrected chi connectivity index (χ2v) is 4.47. The molecule has 1 aliphatic rings. The van der Waals surface area contributed by atoms with Crippen LogP contribution in [0.2, 0.25) is 0 Å². The Hall–Kier alpha value is -2.00. The van der Waals surface area contributed by atoms with Crippen molar-refractivity contribution in [3.05, 3.63) is 29.6 Å². The lowest BCUT2D eigenvalue weighted by atomic mass is 9.95. The van der Waals surface area contributed by atoms with Crippen molar-refractivity contribution in [3.8, 4) is 12.1 Å². The van der Waals surface area contributed by atoms with Crippen LogP contribution in [0.25, 0.3) is 6.08 Å². The molecule has 1 aromatic heterocycles. The predicted octanol–water partition coefficient (Wildman–Crippen LogP) is 3.42. The van der Waals surface area contributed by atoms with Crippen LogP contribution in [0.15, 0.2) is 24.0 Å². The first kappa shape index (κ1) is 11.5. The summed E-state index contributed by atoms with van der Waals surface area (Å²) < 4.78 is 2.22. The summed E-state index contributed by atoms with van der Waals surface area (Å²) in [6.07, 6.45) is 12.1. The van der Waals surface area contributed by atoms with Crippen LogP contribution in [0.4, 0.5) is 0 Å². The SMILES string of the molecule is N#CC(C#N)=Cc1ccn(C2CCCCC2)c1. The molecule has 17 heavy (non-hydrogen) atoms. The smallest absolute Gasteiger partial charge is 0.130 e. The van der Waals surface area contributed by atoms with Crippen molar-refractivity contribution in [2.24, 2.45) is 0 Å². The molecule has 0 unspecified atom stereocenters. The van der Waals surface area contributed by atoms with E-state index in [0.717, 1.165) is 5.56 Å². The predicted molar refractivity (Wildman–Crippen MR) is 65.8 cm³/mol. The zero-order chi connectivity index (χ0) is 12.1. The molecule has 3 nitrogen and oxygen atoms in total. The molecule has 0 bridgehead atoms. The van der Waals surface area contributed by atoms with Crippen LogP contribution in [0.1, 0.15) is 43.7 Å². The number of aromatic nitrogens is 1. The Morgan fingerprint density at radius 2 is 1.94 bits per heavy atom. The van der Waals surface area contributed by atoms with E-state index in [-0.39, 0.29) is 5.57 Å². The number of nitriles is 2. The third-order valence-electron chi connectivity index (χ3n) is 3.29. The van der Waals surface area contributed by atoms with Crippen LogP contribution in [0.3, 0.4) is 0 Å². The Kier molecular flexibility index (Phi) is 3.62. The van der Waals surface area contributed by atoms with Crippen LogP contribution in [0, 0.1) is 22.7 Å². The Morgan fingerprint density at radius 1 is 1.24 bits per heavy atom. The number of nitrogens with zero attached hydrogens (tertiary/aromatic N) is 3. The van der Waals surface area contributed by atoms with Crippen LogP contribution >= 0.6 is 0 Å². The Bertz CT molecular complexity index is 474. The van der Waals surface area contributed by atoms with E-state index in [9.17, 15) is 0 Å². The minimum absolute atomic E-state index is 0.159. The van der Waals surface area contributed by atoms with Crippen LogP contribution in [-0.4, -0.2) is 4.57 Å². The van der Waals surface area contributed by atoms with Crippen LogP contribution in [0.5, 0.6) is 0 Å². The van der Waals surface area contributed by atoms with Gasteiger partial charge in [0.15, 0.2) is 0 Å². The normalized spacial score (nSPS) is 15.9. The van der Waals surface area contributed by atoms with Gasteiger partial charge in [-0.25, -0.2) is 0 Å². The summed E-state index contributed by atoms with van der Waals surface area (Å²) >= 11 is 0. The van der Waals surface area contributed by atoms with E-state index in [2.05, 4.69) is 4.57 Å². The van der Waals surface area contributed by atoms with Crippen molar-refractivity contribution in [3.63, 3.8) is 0 Å². The fourth-order valence-electron chi connectivity index (χ4n) is 2.38. The van der Waals surface area contributed by atoms with Crippen molar-refractivity contribution in [2.45, 2.75) is 38.1 Å². The maximum atomic E-state index is 8.70. The molecule has 0 aromatic carbocycles. The number of rotatable bonds is 2. The van der Waals surface area contributed by atoms with Gasteiger partial charge in [-0.1, -0.05) is 19.3 Å². The molecule has 0 aliphatic heterocycles. The fourth-order valence-corrected chi connectivity index (χ4v) is 2.38. The van der Waals surface area contributed by atoms with Gasteiger partial charge in [-0.05, 0) is 30.5 Å². The van der Waals surface area contributed by atoms with Gasteiger partial charge in [0.25, 0.3) is 0 Å². The average Bonchev–Trinajstić information content (AvgIpc) is 2.85. The molecule has 0 N–H and O–H groups in total. The standard InChI is InChI=1S/C14H15N3/c15-9-13(10-16)8-12-6-7-17(11-12)14-4-2-1-3-5-14/h6-8,11,14H,1-5H2. The first-order valence-electron chi connectivity index (χ1n) is 6.03. The monoisotopic (exact) mass is 225 g/mol. The fraction of sp³-hybridized carbons (Fsp3) is 0.429. The average molecular weight is 225 g/mol. The highest BCUT2D eigenvalue weighted by atomic mass is 15.0. The zero-order valence-corrected chi connectivity index (χ0v) is 9.76. The summed E-state index contributed by atoms with van der Waals surface area (Å²) in [4.78, 5) is 0. The van der Waals surface area contributed by atoms with Gasteiger partial charge in [0, 0.05) is 18.4 Å². The molecule has 0 amide bonds. The molecule has 0 spiro atoms. The summed E-state index contributed by atoms with van der Waals surface area (Å²) in [5.74, 6) is 0. The largest absolute Gasteiger partial charge is 0.351 e. The Labute approximate surface area is 102 Å². The lowest BCUT2D eigenvalue weighted by Crippen LogP contribution is -2.10. The summed E-state index contributed by atoms with van der Waals surface area (Å²) in [7, 11) is 0. The molecule has 1 aliphatic carbocycles. The van der Waals surface area contributed by atoms with E-state index in [1.807, 2.05) is 30.6 Å². The van der Waals surface area contributed by atoms with Crippen molar-refractivity contribution in [1.82, 2.24) is 4.57 Å². The Balaban J connectivity index is 2.13. The van der Waals surface area contributed by atoms with Crippen LogP contribution < -0.4 is 0 Å². The van der Waals surface area contributed by atoms with Gasteiger partial charge < -0.3 is 4.57 Å². The summed E-state index contributed by atoms with van der Waals surface area (Å²) in [6.45, 7) is 0. The van der Waals surface area contributed by atoms with Gasteiger partial charge in [0.05, 0.1) is 0 Å². The maximum Gasteiger partial charge on any atom is 0.130 e. The minimum Gasteiger partial charge on any atom is -0.351 e. The van der Waals surface area contributed by atoms with Gasteiger partial charge >= 0.3 is 0 Å². The zero-order valence-electron chi connectivity index (χ0n) is 9.76. The van der Waals surface area contributed by atoms with Crippen molar-refractivity contribution < 1.29 is 0 Å². The molecular weight excluding hydrogens is 210 g/mol. The molecule has 0 saturated heterocycles. The molecular formula is C14H15N3. The van der Waals surface area contributed by atoms with E-state index in [4.69, 9.17) is 10.5 Å². The number of hydrogen-bond donors (Lipinski definition) is 0. The van der Waals surface area contributed by atoms with Crippen molar-refractivity contribution in [1.29, 1.82) is 10.5 Å². The highest BCUT2D eigenvalue weighted by Gasteiger charge is 2.14. The third kappa shape index (κ3) is 2.77. The highest BCUT2D eigenvalue weighted by molar-refractivity contribution is 5.61. The van der Waals surface area contributed by atoms with Gasteiger partial charge in [0.2, 0.25) is 0 Å². The summed E-state index contributed by atoms with van der Waals surface area (Å²) in [5, 5.41) is 17.4. The Morgan fingerprint density at radius 3 is 2.59 bits per heavy atom. The maximum absolute atomic E-state index is 8.70. The van der Waals surface area contributed by atoms with Gasteiger partial charge in [-0.3, -0.25) is 0 Å². The van der Waals surface area contributed by atoms with Crippen molar-refractivity contribution >= 4 is 6.08 Å². The van der Waals surface area contributed by atoms with E-state index in [0.29, 0.717) is 6.04 Å². The summed E-state index contributed by atoms with van der Waals surface area (Å²) in [5.41, 5.74) is 1.10. The first-order chi connectivity index (χ1) is 8.33. The molecule has 1 fully saturated rings. The second-order valence-electron chi connectivity index (χ2n) is 4.47. The molecule has 0 atom stereocenters. The lowest BCUT2D eigenvalue weighted by molar-refractivity contribution is 0.354. The second kappa shape index (κ2) is 5.37. The summed E-state index contributed by atoms with van der Waals surface area (Å²) in [6, 6.07) is 6.32. The van der Waals surface area contributed by atoms with E-state index in [1.165, 1.54) is 32.1 Å². The van der Waals surface area contributed by atoms with Gasteiger partial charge in [-0.2, -0.15) is 10.5 Å². The molecule has 2 rings (SSSR count). The molecule has 1 heterocycles. The molecule has 86 valence electrons. The molecule has 1 saturated carbocycles. The minimum atomic E-state index is 0.159. The highest BCUT2D eigenvalue weighted by Crippen LogP contribution is 2.28. The third-order valence-corrected chi connectivity index (χ3v) is 3.29. The number of hydrogen-bond acceptors (Lipinski definition) is 2. The molecule has 0 radical (unpaired) electrons. The van der Waals surface area contributed by atoms with Gasteiger partial charge in [0.1, 0.15) is 17.7 Å². The lowest BCUT2D eigenvalue weighted by Gasteiger charge is -2.23. The van der Waals surface area contributed by atoms with Crippen LogP contribution in [-0.2, 0) is 0 Å². The molecule has 1 aromatic rings. The quantitative estimate of drug-likeness (QED) is 0.724. The first-order valence-corrected chi connectivity index (χ1v) is 6.03. The van der Waals surface area contributed by atoms with E-state index in [1.54, 1.807) is 6.08 Å². The topological polar surface area (TPSA) is 52.5 Å². The van der Waals surface area contributed by atoms with E-state index >= 15 is 0 Å². The number of allylic oxidation sites excluding steroid dienone is 1.